The van der Waals surface area contributed by atoms with E-state index in [-0.39, 0.29) is 17.6 Å². The molecule has 5 aromatic rings. The van der Waals surface area contributed by atoms with Gasteiger partial charge in [-0.3, -0.25) is 9.48 Å². The number of aliphatic hydroxyl groups is 1. The van der Waals surface area contributed by atoms with Crippen LogP contribution in [-0.2, 0) is 23.4 Å². The monoisotopic (exact) mass is 595 g/mol. The number of fused-ring (bicyclic) bond motifs is 6. The molecule has 13 nitrogen and oxygen atoms in total. The Hall–Kier alpha value is -4.59. The van der Waals surface area contributed by atoms with E-state index in [0.717, 1.165) is 55.8 Å². The number of ether oxygens (including phenoxy) is 1. The van der Waals surface area contributed by atoms with Crippen LogP contribution in [0.1, 0.15) is 36.7 Å². The van der Waals surface area contributed by atoms with Crippen LogP contribution in [0.25, 0.3) is 22.4 Å². The van der Waals surface area contributed by atoms with E-state index in [2.05, 4.69) is 25.7 Å². The summed E-state index contributed by atoms with van der Waals surface area (Å²) in [5.74, 6) is 1.85. The molecule has 9 rings (SSSR count). The van der Waals surface area contributed by atoms with Crippen molar-refractivity contribution < 1.29 is 14.4 Å². The number of piperidine rings is 3. The van der Waals surface area contributed by atoms with Crippen molar-refractivity contribution in [2.24, 2.45) is 0 Å². The van der Waals surface area contributed by atoms with Crippen molar-refractivity contribution in [3.8, 4) is 11.5 Å². The van der Waals surface area contributed by atoms with Crippen LogP contribution in [-0.4, -0.2) is 72.3 Å². The quantitative estimate of drug-likeness (QED) is 0.243. The summed E-state index contributed by atoms with van der Waals surface area (Å²) >= 11 is 0. The minimum Gasteiger partial charge on any atom is -0.394 e. The summed E-state index contributed by atoms with van der Waals surface area (Å²) in [5, 5.41) is 22.1. The van der Waals surface area contributed by atoms with Gasteiger partial charge >= 0.3 is 0 Å². The molecule has 2 bridgehead atoms. The predicted molar refractivity (Wildman–Crippen MR) is 163 cm³/mol. The van der Waals surface area contributed by atoms with Crippen LogP contribution < -0.4 is 16.2 Å². The number of hydrogen-bond acceptors (Lipinski definition) is 11. The molecule has 0 spiro atoms. The lowest BCUT2D eigenvalue weighted by Crippen LogP contribution is -2.51. The molecular weight excluding hydrogens is 562 g/mol. The standard InChI is InChI=1S/C31H33N9O4/c41-18-24(20-4-2-1-3-5-20)34-26-23(27-36-29(37-44-27)31-8-11-38(12-9-31)13-10-31)17-32-30(35-26)33-21-6-7-22-25(16-21)40-19-43-15-14-39(40)28(22)42/h1-7,16-17,24,41H,8-15,18-19H2,(H2,32,33,34,35)/t24-/m1/s1. The van der Waals surface area contributed by atoms with E-state index in [1.165, 1.54) is 0 Å². The lowest BCUT2D eigenvalue weighted by molar-refractivity contribution is 0.0179. The number of benzene rings is 2. The van der Waals surface area contributed by atoms with Gasteiger partial charge in [-0.1, -0.05) is 35.5 Å². The second-order valence-corrected chi connectivity index (χ2v) is 11.8. The Morgan fingerprint density at radius 1 is 1.00 bits per heavy atom. The van der Waals surface area contributed by atoms with Crippen LogP contribution in [0, 0.1) is 0 Å². The normalized spacial score (nSPS) is 21.7. The average molecular weight is 596 g/mol. The van der Waals surface area contributed by atoms with Gasteiger partial charge < -0.3 is 29.9 Å². The largest absolute Gasteiger partial charge is 0.394 e. The van der Waals surface area contributed by atoms with Gasteiger partial charge in [-0.25, -0.2) is 9.67 Å². The van der Waals surface area contributed by atoms with Crippen molar-refractivity contribution in [1.29, 1.82) is 0 Å². The van der Waals surface area contributed by atoms with Gasteiger partial charge in [0.1, 0.15) is 18.1 Å². The Morgan fingerprint density at radius 2 is 1.82 bits per heavy atom. The summed E-state index contributed by atoms with van der Waals surface area (Å²) < 4.78 is 15.0. The highest BCUT2D eigenvalue weighted by atomic mass is 16.5. The van der Waals surface area contributed by atoms with Gasteiger partial charge in [0.05, 0.1) is 36.7 Å². The van der Waals surface area contributed by atoms with Crippen molar-refractivity contribution in [1.82, 2.24) is 34.4 Å². The van der Waals surface area contributed by atoms with Crippen LogP contribution in [0.15, 0.2) is 64.0 Å². The van der Waals surface area contributed by atoms with E-state index >= 15 is 0 Å². The highest BCUT2D eigenvalue weighted by Crippen LogP contribution is 2.42. The van der Waals surface area contributed by atoms with Crippen molar-refractivity contribution in [3.05, 3.63) is 76.5 Å². The van der Waals surface area contributed by atoms with Crippen molar-refractivity contribution >= 4 is 28.4 Å². The molecule has 226 valence electrons. The first-order chi connectivity index (χ1) is 21.6. The van der Waals surface area contributed by atoms with Crippen LogP contribution in [0.2, 0.25) is 0 Å². The lowest BCUT2D eigenvalue weighted by Gasteiger charge is -2.46. The van der Waals surface area contributed by atoms with Gasteiger partial charge in [0.15, 0.2) is 5.82 Å². The zero-order valence-electron chi connectivity index (χ0n) is 24.1. The third-order valence-corrected chi connectivity index (χ3v) is 9.28. The van der Waals surface area contributed by atoms with Crippen LogP contribution in [0.3, 0.4) is 0 Å². The third-order valence-electron chi connectivity index (χ3n) is 9.28. The molecule has 3 aromatic heterocycles. The molecule has 44 heavy (non-hydrogen) atoms. The Kier molecular flexibility index (Phi) is 6.65. The van der Waals surface area contributed by atoms with Gasteiger partial charge in [0.25, 0.3) is 11.4 Å². The zero-order chi connectivity index (χ0) is 29.7. The van der Waals surface area contributed by atoms with E-state index in [4.69, 9.17) is 19.2 Å². The summed E-state index contributed by atoms with van der Waals surface area (Å²) in [7, 11) is 0. The molecule has 4 aliphatic rings. The molecule has 0 amide bonds. The SMILES string of the molecule is O=c1c2ccc(Nc3ncc(-c4nc(C56CCN(CC5)CC6)no4)c(N[C@H](CO)c4ccccc4)n3)cc2n2n1CCOC2. The van der Waals surface area contributed by atoms with E-state index in [1.54, 1.807) is 16.9 Å². The fraction of sp³-hybridized carbons (Fsp3) is 0.387. The summed E-state index contributed by atoms with van der Waals surface area (Å²) in [6.07, 6.45) is 4.72. The molecule has 3 fully saturated rings. The summed E-state index contributed by atoms with van der Waals surface area (Å²) in [4.78, 5) is 29.6. The third kappa shape index (κ3) is 4.64. The molecule has 13 heteroatoms. The first kappa shape index (κ1) is 27.0. The molecule has 0 radical (unpaired) electrons. The average Bonchev–Trinajstić information content (AvgIpc) is 3.69. The van der Waals surface area contributed by atoms with E-state index < -0.39 is 6.04 Å². The maximum absolute atomic E-state index is 12.8. The first-order valence-electron chi connectivity index (χ1n) is 15.0. The topological polar surface area (TPSA) is 148 Å². The highest BCUT2D eigenvalue weighted by molar-refractivity contribution is 5.83. The van der Waals surface area contributed by atoms with Crippen molar-refractivity contribution in [2.45, 2.75) is 44.0 Å². The highest BCUT2D eigenvalue weighted by Gasteiger charge is 2.44. The number of anilines is 3. The summed E-state index contributed by atoms with van der Waals surface area (Å²) in [6.45, 7) is 4.34. The first-order valence-corrected chi connectivity index (χ1v) is 15.0. The lowest BCUT2D eigenvalue weighted by atomic mass is 9.71. The second-order valence-electron chi connectivity index (χ2n) is 11.8. The van der Waals surface area contributed by atoms with Gasteiger partial charge in [0, 0.05) is 17.3 Å². The Balaban J connectivity index is 1.15. The van der Waals surface area contributed by atoms with Gasteiger partial charge in [0.2, 0.25) is 5.95 Å². The molecule has 7 heterocycles. The number of rotatable bonds is 8. The Labute approximate surface area is 252 Å². The van der Waals surface area contributed by atoms with E-state index in [9.17, 15) is 9.90 Å². The zero-order valence-corrected chi connectivity index (χ0v) is 24.1. The molecular formula is C31H33N9O4. The van der Waals surface area contributed by atoms with Gasteiger partial charge in [-0.05, 0) is 62.7 Å². The smallest absolute Gasteiger partial charge is 0.274 e. The fourth-order valence-corrected chi connectivity index (χ4v) is 6.68. The molecule has 3 saturated heterocycles. The maximum atomic E-state index is 12.8. The van der Waals surface area contributed by atoms with Crippen LogP contribution >= 0.6 is 0 Å². The van der Waals surface area contributed by atoms with Crippen LogP contribution in [0.5, 0.6) is 0 Å². The maximum Gasteiger partial charge on any atom is 0.274 e. The van der Waals surface area contributed by atoms with Crippen LogP contribution in [0.4, 0.5) is 17.5 Å². The minimum absolute atomic E-state index is 0.0323. The molecule has 2 aromatic carbocycles. The number of nitrogens with one attached hydrogen (secondary N) is 2. The molecule has 1 atom stereocenters. The molecule has 0 aliphatic carbocycles. The molecule has 0 unspecified atom stereocenters. The van der Waals surface area contributed by atoms with Crippen molar-refractivity contribution in [3.63, 3.8) is 0 Å². The summed E-state index contributed by atoms with van der Waals surface area (Å²) in [5.41, 5.74) is 2.85. The fourth-order valence-electron chi connectivity index (χ4n) is 6.68. The minimum atomic E-state index is -0.433. The number of aliphatic hydroxyl groups excluding tert-OH is 1. The van der Waals surface area contributed by atoms with E-state index in [0.29, 0.717) is 54.2 Å². The van der Waals surface area contributed by atoms with E-state index in [1.807, 2.05) is 47.1 Å². The molecule has 4 aliphatic heterocycles. The number of aromatic nitrogens is 6. The number of hydrogen-bond donors (Lipinski definition) is 3. The number of nitrogens with zero attached hydrogens (tertiary/aromatic N) is 7. The van der Waals surface area contributed by atoms with Crippen molar-refractivity contribution in [2.75, 3.05) is 43.5 Å². The van der Waals surface area contributed by atoms with Gasteiger partial charge in [-0.15, -0.1) is 0 Å². The predicted octanol–water partition coefficient (Wildman–Crippen LogP) is 3.26. The molecule has 0 saturated carbocycles. The second kappa shape index (κ2) is 10.8. The Morgan fingerprint density at radius 3 is 2.61 bits per heavy atom. The summed E-state index contributed by atoms with van der Waals surface area (Å²) in [6, 6.07) is 14.8. The van der Waals surface area contributed by atoms with Gasteiger partial charge in [-0.2, -0.15) is 9.97 Å². The Bertz CT molecular complexity index is 1860. The molecule has 3 N–H and O–H groups in total.